The van der Waals surface area contributed by atoms with E-state index in [4.69, 9.17) is 23.2 Å². The maximum atomic E-state index is 9.36. The Labute approximate surface area is 153 Å². The largest absolute Gasteiger partial charge is 0.330 e. The highest BCUT2D eigenvalue weighted by Crippen LogP contribution is 2.33. The number of aromatic nitrogens is 2. The molecule has 3 rings (SSSR count). The number of pyridine rings is 1. The lowest BCUT2D eigenvalue weighted by Crippen LogP contribution is -1.89. The van der Waals surface area contributed by atoms with E-state index in [0.29, 0.717) is 31.5 Å². The molecule has 0 unspecified atom stereocenters. The number of thiazole rings is 1. The number of nitrogens with zero attached hydrogens (tertiary/aromatic N) is 3. The fourth-order valence-corrected chi connectivity index (χ4v) is 3.25. The summed E-state index contributed by atoms with van der Waals surface area (Å²) in [6, 6.07) is 14.9. The van der Waals surface area contributed by atoms with Crippen molar-refractivity contribution < 1.29 is 0 Å². The molecule has 2 aromatic heterocycles. The van der Waals surface area contributed by atoms with E-state index in [1.54, 1.807) is 30.5 Å². The summed E-state index contributed by atoms with van der Waals surface area (Å²) in [5.41, 5.74) is 1.75. The van der Waals surface area contributed by atoms with Crippen molar-refractivity contribution in [3.8, 4) is 6.07 Å². The monoisotopic (exact) mass is 372 g/mol. The highest BCUT2D eigenvalue weighted by Gasteiger charge is 2.11. The van der Waals surface area contributed by atoms with Gasteiger partial charge in [-0.05, 0) is 30.3 Å². The van der Waals surface area contributed by atoms with Crippen LogP contribution in [0.2, 0.25) is 10.2 Å². The van der Waals surface area contributed by atoms with E-state index in [2.05, 4.69) is 21.4 Å². The molecule has 0 amide bonds. The first-order valence-corrected chi connectivity index (χ1v) is 8.45. The number of hydrogen-bond acceptors (Lipinski definition) is 5. The standard InChI is InChI=1S/C17H10Cl2N4S/c18-12-5-1-2-7-14(12)22-17-23-16(19)15(24-17)9-11(10-20)13-6-3-4-8-21-13/h1-9H,(H,22,23)/b11-9+. The van der Waals surface area contributed by atoms with E-state index in [1.807, 2.05) is 24.3 Å². The highest BCUT2D eigenvalue weighted by molar-refractivity contribution is 7.17. The Balaban J connectivity index is 1.91. The first-order chi connectivity index (χ1) is 11.7. The van der Waals surface area contributed by atoms with Crippen LogP contribution in [0.4, 0.5) is 10.8 Å². The van der Waals surface area contributed by atoms with Crippen molar-refractivity contribution in [1.29, 1.82) is 5.26 Å². The van der Waals surface area contributed by atoms with E-state index in [1.165, 1.54) is 11.3 Å². The van der Waals surface area contributed by atoms with Crippen LogP contribution in [0.5, 0.6) is 0 Å². The topological polar surface area (TPSA) is 61.6 Å². The van der Waals surface area contributed by atoms with Crippen molar-refractivity contribution in [3.05, 3.63) is 69.4 Å². The number of rotatable bonds is 4. The Morgan fingerprint density at radius 1 is 1.17 bits per heavy atom. The van der Waals surface area contributed by atoms with Crippen molar-refractivity contribution in [2.45, 2.75) is 0 Å². The van der Waals surface area contributed by atoms with Crippen LogP contribution in [0.1, 0.15) is 10.6 Å². The molecule has 1 aromatic carbocycles. The Morgan fingerprint density at radius 2 is 1.96 bits per heavy atom. The van der Waals surface area contributed by atoms with Gasteiger partial charge >= 0.3 is 0 Å². The Bertz CT molecular complexity index is 929. The number of nitriles is 1. The SMILES string of the molecule is N#C/C(=C\c1sc(Nc2ccccc2Cl)nc1Cl)c1ccccn1. The zero-order valence-electron chi connectivity index (χ0n) is 12.2. The van der Waals surface area contributed by atoms with Gasteiger partial charge in [0.25, 0.3) is 0 Å². The molecule has 0 bridgehead atoms. The number of hydrogen-bond donors (Lipinski definition) is 1. The van der Waals surface area contributed by atoms with Crippen LogP contribution in [0.15, 0.2) is 48.7 Å². The summed E-state index contributed by atoms with van der Waals surface area (Å²) in [5, 5.41) is 14.0. The van der Waals surface area contributed by atoms with Crippen molar-refractivity contribution in [1.82, 2.24) is 9.97 Å². The summed E-state index contributed by atoms with van der Waals surface area (Å²) < 4.78 is 0. The van der Waals surface area contributed by atoms with Crippen LogP contribution in [0.25, 0.3) is 11.6 Å². The average molecular weight is 373 g/mol. The summed E-state index contributed by atoms with van der Waals surface area (Å²) in [6.45, 7) is 0. The third kappa shape index (κ3) is 3.74. The normalized spacial score (nSPS) is 11.1. The van der Waals surface area contributed by atoms with Crippen LogP contribution in [-0.2, 0) is 0 Å². The molecule has 24 heavy (non-hydrogen) atoms. The third-order valence-electron chi connectivity index (χ3n) is 3.06. The molecule has 0 aliphatic carbocycles. The second-order valence-electron chi connectivity index (χ2n) is 4.66. The predicted octanol–water partition coefficient (Wildman–Crippen LogP) is 5.65. The Kier molecular flexibility index (Phi) is 5.11. The van der Waals surface area contributed by atoms with Crippen LogP contribution in [0.3, 0.4) is 0 Å². The lowest BCUT2D eigenvalue weighted by molar-refractivity contribution is 1.28. The molecule has 7 heteroatoms. The maximum Gasteiger partial charge on any atom is 0.189 e. The van der Waals surface area contributed by atoms with Crippen molar-refractivity contribution in [2.24, 2.45) is 0 Å². The molecule has 2 heterocycles. The number of benzene rings is 1. The van der Waals surface area contributed by atoms with E-state index < -0.39 is 0 Å². The first kappa shape index (κ1) is 16.5. The van der Waals surface area contributed by atoms with E-state index >= 15 is 0 Å². The first-order valence-electron chi connectivity index (χ1n) is 6.88. The fourth-order valence-electron chi connectivity index (χ4n) is 1.95. The van der Waals surface area contributed by atoms with Crippen LogP contribution < -0.4 is 5.32 Å². The van der Waals surface area contributed by atoms with Gasteiger partial charge in [0, 0.05) is 6.20 Å². The summed E-state index contributed by atoms with van der Waals surface area (Å²) in [4.78, 5) is 9.12. The highest BCUT2D eigenvalue weighted by atomic mass is 35.5. The molecule has 1 N–H and O–H groups in total. The summed E-state index contributed by atoms with van der Waals surface area (Å²) >= 11 is 13.7. The zero-order valence-corrected chi connectivity index (χ0v) is 14.5. The smallest absolute Gasteiger partial charge is 0.189 e. The van der Waals surface area contributed by atoms with Crippen LogP contribution in [0, 0.1) is 11.3 Å². The van der Waals surface area contributed by atoms with Gasteiger partial charge in [-0.2, -0.15) is 5.26 Å². The molecular formula is C17H10Cl2N4S. The molecular weight excluding hydrogens is 363 g/mol. The zero-order chi connectivity index (χ0) is 16.9. The number of allylic oxidation sites excluding steroid dienone is 1. The lowest BCUT2D eigenvalue weighted by atomic mass is 10.2. The molecule has 0 aliphatic rings. The van der Waals surface area contributed by atoms with Gasteiger partial charge in [-0.15, -0.1) is 0 Å². The predicted molar refractivity (Wildman–Crippen MR) is 99.6 cm³/mol. The molecule has 0 spiro atoms. The van der Waals surface area contributed by atoms with Crippen LogP contribution >= 0.6 is 34.5 Å². The Morgan fingerprint density at radius 3 is 2.67 bits per heavy atom. The molecule has 0 saturated heterocycles. The van der Waals surface area contributed by atoms with E-state index in [9.17, 15) is 5.26 Å². The molecule has 0 aliphatic heterocycles. The summed E-state index contributed by atoms with van der Waals surface area (Å²) in [7, 11) is 0. The lowest BCUT2D eigenvalue weighted by Gasteiger charge is -2.03. The van der Waals surface area contributed by atoms with E-state index in [-0.39, 0.29) is 0 Å². The number of para-hydroxylation sites is 1. The number of nitrogens with one attached hydrogen (secondary N) is 1. The number of halogens is 2. The third-order valence-corrected chi connectivity index (χ3v) is 4.71. The molecule has 4 nitrogen and oxygen atoms in total. The van der Waals surface area contributed by atoms with Gasteiger partial charge in [0.15, 0.2) is 5.13 Å². The van der Waals surface area contributed by atoms with Gasteiger partial charge in [-0.1, -0.05) is 52.7 Å². The van der Waals surface area contributed by atoms with Crippen molar-refractivity contribution in [2.75, 3.05) is 5.32 Å². The van der Waals surface area contributed by atoms with E-state index in [0.717, 1.165) is 5.69 Å². The quantitative estimate of drug-likeness (QED) is 0.600. The fraction of sp³-hybridized carbons (Fsp3) is 0. The average Bonchev–Trinajstić information content (AvgIpc) is 2.95. The molecule has 0 atom stereocenters. The van der Waals surface area contributed by atoms with Crippen molar-refractivity contribution in [3.63, 3.8) is 0 Å². The summed E-state index contributed by atoms with van der Waals surface area (Å²) in [6.07, 6.45) is 3.32. The van der Waals surface area contributed by atoms with Gasteiger partial charge in [0.2, 0.25) is 0 Å². The minimum absolute atomic E-state index is 0.318. The molecule has 0 fully saturated rings. The molecule has 0 radical (unpaired) electrons. The van der Waals surface area contributed by atoms with Crippen molar-refractivity contribution >= 4 is 57.0 Å². The second kappa shape index (κ2) is 7.45. The van der Waals surface area contributed by atoms with Gasteiger partial charge in [-0.3, -0.25) is 4.98 Å². The van der Waals surface area contributed by atoms with Gasteiger partial charge in [0.1, 0.15) is 11.2 Å². The second-order valence-corrected chi connectivity index (χ2v) is 6.46. The molecule has 118 valence electrons. The summed E-state index contributed by atoms with van der Waals surface area (Å²) in [5.74, 6) is 0. The van der Waals surface area contributed by atoms with Gasteiger partial charge in [0.05, 0.1) is 26.9 Å². The van der Waals surface area contributed by atoms with Gasteiger partial charge < -0.3 is 5.32 Å². The number of anilines is 2. The molecule has 0 saturated carbocycles. The van der Waals surface area contributed by atoms with Gasteiger partial charge in [-0.25, -0.2) is 4.98 Å². The minimum Gasteiger partial charge on any atom is -0.330 e. The van der Waals surface area contributed by atoms with Crippen LogP contribution in [-0.4, -0.2) is 9.97 Å². The minimum atomic E-state index is 0.318. The Hall–Kier alpha value is -2.39. The maximum absolute atomic E-state index is 9.36. The molecule has 3 aromatic rings.